The van der Waals surface area contributed by atoms with E-state index >= 15 is 0 Å². The van der Waals surface area contributed by atoms with Gasteiger partial charge in [0.05, 0.1) is 6.10 Å². The van der Waals surface area contributed by atoms with Crippen molar-refractivity contribution in [2.24, 2.45) is 46.3 Å². The molecule has 3 saturated carbocycles. The molecule has 2 aliphatic heterocycles. The van der Waals surface area contributed by atoms with Gasteiger partial charge in [0.25, 0.3) is 0 Å². The Morgan fingerprint density at radius 3 is 2.67 bits per heavy atom. The third-order valence-electron chi connectivity index (χ3n) is 11.9. The SMILES string of the molecule is CC(=O)O[C@H]1CC[C@]2(C)C(=CC[C@H]3[C@H]4C[C@H]5O[C@]6(CC[C@@H](C)CN6)[C@H](C)[C@H]5[C@@]4(C)CC[C@H]32)C1. The van der Waals surface area contributed by atoms with E-state index in [0.29, 0.717) is 28.8 Å². The van der Waals surface area contributed by atoms with Crippen LogP contribution < -0.4 is 5.32 Å². The lowest BCUT2D eigenvalue weighted by Crippen LogP contribution is -2.57. The molecule has 4 nitrogen and oxygen atoms in total. The number of esters is 1. The summed E-state index contributed by atoms with van der Waals surface area (Å²) in [7, 11) is 0. The fourth-order valence-electron chi connectivity index (χ4n) is 10.2. The number of ether oxygens (including phenoxy) is 2. The van der Waals surface area contributed by atoms with Crippen LogP contribution >= 0.6 is 0 Å². The van der Waals surface area contributed by atoms with E-state index in [4.69, 9.17) is 9.47 Å². The molecule has 5 fully saturated rings. The van der Waals surface area contributed by atoms with Crippen molar-refractivity contribution in [3.05, 3.63) is 11.6 Å². The van der Waals surface area contributed by atoms with Crippen LogP contribution in [0.25, 0.3) is 0 Å². The molecule has 184 valence electrons. The first-order chi connectivity index (χ1) is 15.7. The van der Waals surface area contributed by atoms with Gasteiger partial charge in [-0.05, 0) is 91.8 Å². The van der Waals surface area contributed by atoms with Gasteiger partial charge in [-0.2, -0.15) is 0 Å². The Hall–Kier alpha value is -0.870. The molecule has 4 heteroatoms. The maximum absolute atomic E-state index is 11.5. The Morgan fingerprint density at radius 2 is 1.94 bits per heavy atom. The summed E-state index contributed by atoms with van der Waals surface area (Å²) in [5.41, 5.74) is 2.24. The van der Waals surface area contributed by atoms with E-state index in [9.17, 15) is 4.79 Å². The van der Waals surface area contributed by atoms with Crippen molar-refractivity contribution in [1.82, 2.24) is 5.32 Å². The number of hydrogen-bond acceptors (Lipinski definition) is 4. The molecule has 0 aromatic carbocycles. The second kappa shape index (κ2) is 7.56. The molecular formula is C29H45NO3. The second-order valence-corrected chi connectivity index (χ2v) is 13.4. The lowest BCUT2D eigenvalue weighted by Gasteiger charge is -2.58. The van der Waals surface area contributed by atoms with Gasteiger partial charge in [-0.3, -0.25) is 10.1 Å². The zero-order valence-corrected chi connectivity index (χ0v) is 21.5. The van der Waals surface area contributed by atoms with Crippen molar-refractivity contribution in [2.45, 2.75) is 110 Å². The number of carbonyl (C=O) groups is 1. The van der Waals surface area contributed by atoms with Crippen LogP contribution in [-0.4, -0.2) is 30.4 Å². The summed E-state index contributed by atoms with van der Waals surface area (Å²) < 4.78 is 12.6. The van der Waals surface area contributed by atoms with Gasteiger partial charge in [-0.15, -0.1) is 0 Å². The van der Waals surface area contributed by atoms with Crippen molar-refractivity contribution in [3.8, 4) is 0 Å². The van der Waals surface area contributed by atoms with Crippen LogP contribution in [0.3, 0.4) is 0 Å². The highest BCUT2D eigenvalue weighted by Crippen LogP contribution is 2.70. The molecule has 4 aliphatic carbocycles. The Balaban J connectivity index is 1.24. The average Bonchev–Trinajstić information content (AvgIpc) is 3.21. The molecule has 6 aliphatic rings. The van der Waals surface area contributed by atoms with Gasteiger partial charge >= 0.3 is 5.97 Å². The zero-order valence-electron chi connectivity index (χ0n) is 21.5. The minimum absolute atomic E-state index is 0.0621. The summed E-state index contributed by atoms with van der Waals surface area (Å²) in [5, 5.41) is 3.88. The fourth-order valence-corrected chi connectivity index (χ4v) is 10.2. The minimum Gasteiger partial charge on any atom is -0.462 e. The molecule has 0 aromatic rings. The molecular weight excluding hydrogens is 410 g/mol. The largest absolute Gasteiger partial charge is 0.462 e. The number of fused-ring (bicyclic) bond motifs is 7. The van der Waals surface area contributed by atoms with E-state index in [1.54, 1.807) is 12.5 Å². The predicted octanol–water partition coefficient (Wildman–Crippen LogP) is 5.86. The van der Waals surface area contributed by atoms with Crippen molar-refractivity contribution >= 4 is 5.97 Å². The number of hydrogen-bond donors (Lipinski definition) is 1. The predicted molar refractivity (Wildman–Crippen MR) is 129 cm³/mol. The first kappa shape index (κ1) is 22.6. The summed E-state index contributed by atoms with van der Waals surface area (Å²) in [6.45, 7) is 12.7. The van der Waals surface area contributed by atoms with E-state index in [2.05, 4.69) is 39.1 Å². The van der Waals surface area contributed by atoms with Crippen LogP contribution in [0.2, 0.25) is 0 Å². The second-order valence-electron chi connectivity index (χ2n) is 13.4. The number of allylic oxidation sites excluding steroid dienone is 1. The van der Waals surface area contributed by atoms with Crippen LogP contribution in [0.4, 0.5) is 0 Å². The maximum atomic E-state index is 11.5. The van der Waals surface area contributed by atoms with E-state index in [1.165, 1.54) is 44.9 Å². The van der Waals surface area contributed by atoms with Crippen LogP contribution in [0.15, 0.2) is 11.6 Å². The van der Waals surface area contributed by atoms with Crippen molar-refractivity contribution < 1.29 is 14.3 Å². The summed E-state index contributed by atoms with van der Waals surface area (Å²) in [6, 6.07) is 0. The molecule has 2 heterocycles. The van der Waals surface area contributed by atoms with Gasteiger partial charge in [0.15, 0.2) is 0 Å². The third-order valence-corrected chi connectivity index (χ3v) is 11.9. The summed E-state index contributed by atoms with van der Waals surface area (Å²) in [6.07, 6.45) is 13.9. The smallest absolute Gasteiger partial charge is 0.302 e. The van der Waals surface area contributed by atoms with Crippen molar-refractivity contribution in [3.63, 3.8) is 0 Å². The number of rotatable bonds is 1. The Bertz CT molecular complexity index is 844. The molecule has 6 rings (SSSR count). The van der Waals surface area contributed by atoms with Crippen LogP contribution in [0.5, 0.6) is 0 Å². The van der Waals surface area contributed by atoms with Crippen LogP contribution in [-0.2, 0) is 14.3 Å². The zero-order chi connectivity index (χ0) is 23.2. The molecule has 0 radical (unpaired) electrons. The molecule has 2 saturated heterocycles. The van der Waals surface area contributed by atoms with Crippen LogP contribution in [0.1, 0.15) is 92.4 Å². The van der Waals surface area contributed by atoms with Crippen molar-refractivity contribution in [2.75, 3.05) is 6.54 Å². The molecule has 0 amide bonds. The topological polar surface area (TPSA) is 47.6 Å². The Kier molecular flexibility index (Phi) is 5.18. The first-order valence-corrected chi connectivity index (χ1v) is 14.0. The van der Waals surface area contributed by atoms with Crippen molar-refractivity contribution in [1.29, 1.82) is 0 Å². The maximum Gasteiger partial charge on any atom is 0.302 e. The van der Waals surface area contributed by atoms with Gasteiger partial charge in [-0.25, -0.2) is 0 Å². The first-order valence-electron chi connectivity index (χ1n) is 14.0. The molecule has 33 heavy (non-hydrogen) atoms. The molecule has 1 spiro atoms. The average molecular weight is 456 g/mol. The summed E-state index contributed by atoms with van der Waals surface area (Å²) >= 11 is 0. The van der Waals surface area contributed by atoms with Gasteiger partial charge in [0.1, 0.15) is 11.8 Å². The fraction of sp³-hybridized carbons (Fsp3) is 0.897. The standard InChI is InChI=1S/C29H45NO3/c1-17-8-13-29(30-16-17)18(2)26-25(33-29)15-24-22-7-6-20-14-21(32-19(3)31)9-11-27(20,4)23(22)10-12-28(24,26)5/h6,17-18,21-26,30H,7-16H2,1-5H3/t17-,18-,21+,22-,23-,24-,25-,26-,27-,28+,29-/m1/s1. The lowest BCUT2D eigenvalue weighted by atomic mass is 9.47. The Labute approximate surface area is 200 Å². The highest BCUT2D eigenvalue weighted by Gasteiger charge is 2.68. The molecule has 0 bridgehead atoms. The highest BCUT2D eigenvalue weighted by atomic mass is 16.5. The van der Waals surface area contributed by atoms with E-state index in [1.807, 2.05) is 0 Å². The normalized spacial score (nSPS) is 55.2. The number of nitrogens with one attached hydrogen (secondary N) is 1. The van der Waals surface area contributed by atoms with Gasteiger partial charge < -0.3 is 9.47 Å². The summed E-state index contributed by atoms with van der Waals surface area (Å²) in [5.74, 6) is 4.30. The van der Waals surface area contributed by atoms with Gasteiger partial charge in [-0.1, -0.05) is 39.3 Å². The quantitative estimate of drug-likeness (QED) is 0.397. The highest BCUT2D eigenvalue weighted by molar-refractivity contribution is 5.66. The molecule has 11 atom stereocenters. The minimum atomic E-state index is -0.127. The van der Waals surface area contributed by atoms with Crippen LogP contribution in [0, 0.1) is 46.3 Å². The number of carbonyl (C=O) groups excluding carboxylic acids is 1. The van der Waals surface area contributed by atoms with Gasteiger partial charge in [0, 0.05) is 25.8 Å². The summed E-state index contributed by atoms with van der Waals surface area (Å²) in [4.78, 5) is 11.5. The Morgan fingerprint density at radius 1 is 1.12 bits per heavy atom. The van der Waals surface area contributed by atoms with E-state index < -0.39 is 0 Å². The van der Waals surface area contributed by atoms with E-state index in [0.717, 1.165) is 43.1 Å². The third kappa shape index (κ3) is 3.18. The molecule has 0 unspecified atom stereocenters. The number of piperidine rings is 1. The molecule has 1 N–H and O–H groups in total. The molecule has 0 aromatic heterocycles. The van der Waals surface area contributed by atoms with E-state index in [-0.39, 0.29) is 17.8 Å². The van der Waals surface area contributed by atoms with Gasteiger partial charge in [0.2, 0.25) is 0 Å². The monoisotopic (exact) mass is 455 g/mol. The lowest BCUT2D eigenvalue weighted by molar-refractivity contribution is -0.148.